The molecule has 0 unspecified atom stereocenters. The molecule has 2 aromatic rings. The predicted octanol–water partition coefficient (Wildman–Crippen LogP) is -0.354. The minimum absolute atomic E-state index is 0. The predicted molar refractivity (Wildman–Crippen MR) is 74.6 cm³/mol. The Morgan fingerprint density at radius 3 is 2.53 bits per heavy atom. The summed E-state index contributed by atoms with van der Waals surface area (Å²) in [6.07, 6.45) is 0.377. The summed E-state index contributed by atoms with van der Waals surface area (Å²) < 4.78 is 29.8. The molecule has 19 heavy (non-hydrogen) atoms. The molecule has 0 aliphatic rings. The van der Waals surface area contributed by atoms with Crippen molar-refractivity contribution in [3.63, 3.8) is 0 Å². The smallest absolute Gasteiger partial charge is 1.00 e. The largest absolute Gasteiger partial charge is 1.00 e. The molecule has 0 aliphatic carbocycles. The molecule has 4 nitrogen and oxygen atoms in total. The van der Waals surface area contributed by atoms with Gasteiger partial charge in [0.05, 0.1) is 5.75 Å². The third kappa shape index (κ3) is 5.12. The van der Waals surface area contributed by atoms with Gasteiger partial charge in [0.1, 0.15) is 0 Å². The standard InChI is InChI=1S/C13H15NO3S.Na.H/c15-18(16,17)10-4-9-14-13-8-3-6-11-5-1-2-7-12(11)13;;/h1-3,5-8,14H,4,9-10H2,(H,15,16,17);;/q;+1;-1. The Hall–Kier alpha value is -0.590. The third-order valence-corrected chi connectivity index (χ3v) is 3.49. The van der Waals surface area contributed by atoms with Crippen LogP contribution in [0.25, 0.3) is 10.8 Å². The second kappa shape index (κ2) is 7.26. The molecule has 2 aromatic carbocycles. The van der Waals surface area contributed by atoms with E-state index < -0.39 is 10.1 Å². The van der Waals surface area contributed by atoms with Crippen LogP contribution in [0, 0.1) is 0 Å². The quantitative estimate of drug-likeness (QED) is 0.448. The van der Waals surface area contributed by atoms with Crippen LogP contribution in [0.2, 0.25) is 0 Å². The van der Waals surface area contributed by atoms with E-state index in [4.69, 9.17) is 4.55 Å². The SMILES string of the molecule is O=S(=O)(O)CCCNc1cccc2ccccc12.[H-].[Na+]. The second-order valence-electron chi connectivity index (χ2n) is 4.09. The fourth-order valence-electron chi connectivity index (χ4n) is 1.86. The molecule has 0 heterocycles. The number of anilines is 1. The molecule has 2 rings (SSSR count). The monoisotopic (exact) mass is 289 g/mol. The Morgan fingerprint density at radius 2 is 1.79 bits per heavy atom. The van der Waals surface area contributed by atoms with E-state index in [1.807, 2.05) is 42.5 Å². The number of nitrogens with one attached hydrogen (secondary N) is 1. The van der Waals surface area contributed by atoms with Crippen LogP contribution in [0.15, 0.2) is 42.5 Å². The first-order chi connectivity index (χ1) is 8.56. The maximum absolute atomic E-state index is 10.6. The number of rotatable bonds is 5. The molecular formula is C13H16NNaO3S. The van der Waals surface area contributed by atoms with Gasteiger partial charge in [-0.3, -0.25) is 4.55 Å². The van der Waals surface area contributed by atoms with Crippen molar-refractivity contribution in [3.8, 4) is 0 Å². The van der Waals surface area contributed by atoms with Crippen LogP contribution in [-0.2, 0) is 10.1 Å². The Labute approximate surface area is 136 Å². The van der Waals surface area contributed by atoms with Crippen molar-refractivity contribution in [2.45, 2.75) is 6.42 Å². The van der Waals surface area contributed by atoms with Crippen molar-refractivity contribution >= 4 is 26.6 Å². The van der Waals surface area contributed by atoms with Gasteiger partial charge in [-0.15, -0.1) is 0 Å². The molecule has 0 amide bonds. The Morgan fingerprint density at radius 1 is 1.11 bits per heavy atom. The Kier molecular flexibility index (Phi) is 6.29. The van der Waals surface area contributed by atoms with Crippen LogP contribution in [0.5, 0.6) is 0 Å². The molecule has 0 saturated carbocycles. The third-order valence-electron chi connectivity index (χ3n) is 2.68. The molecule has 0 aliphatic heterocycles. The zero-order chi connectivity index (χ0) is 13.0. The average molecular weight is 289 g/mol. The van der Waals surface area contributed by atoms with Gasteiger partial charge in [-0.2, -0.15) is 8.42 Å². The zero-order valence-corrected chi connectivity index (χ0v) is 13.7. The fraction of sp³-hybridized carbons (Fsp3) is 0.231. The summed E-state index contributed by atoms with van der Waals surface area (Å²) in [5, 5.41) is 5.42. The Bertz CT molecular complexity index is 644. The summed E-state index contributed by atoms with van der Waals surface area (Å²) in [4.78, 5) is 0. The van der Waals surface area contributed by atoms with Crippen LogP contribution in [-0.4, -0.2) is 25.3 Å². The van der Waals surface area contributed by atoms with Crippen molar-refractivity contribution in [3.05, 3.63) is 42.5 Å². The van der Waals surface area contributed by atoms with Crippen LogP contribution in [0.1, 0.15) is 7.85 Å². The van der Waals surface area contributed by atoms with Crippen molar-refractivity contribution in [1.29, 1.82) is 0 Å². The van der Waals surface area contributed by atoms with Crippen molar-refractivity contribution in [2.24, 2.45) is 0 Å². The molecule has 0 aromatic heterocycles. The minimum atomic E-state index is -3.86. The molecule has 0 spiro atoms. The number of hydrogen-bond donors (Lipinski definition) is 2. The van der Waals surface area contributed by atoms with E-state index >= 15 is 0 Å². The van der Waals surface area contributed by atoms with Gasteiger partial charge in [0, 0.05) is 17.6 Å². The van der Waals surface area contributed by atoms with E-state index in [1.54, 1.807) is 0 Å². The first-order valence-corrected chi connectivity index (χ1v) is 7.34. The van der Waals surface area contributed by atoms with E-state index in [9.17, 15) is 8.42 Å². The number of hydrogen-bond acceptors (Lipinski definition) is 3. The summed E-state index contributed by atoms with van der Waals surface area (Å²) in [6.45, 7) is 0.508. The van der Waals surface area contributed by atoms with Crippen molar-refractivity contribution < 1.29 is 44.0 Å². The maximum Gasteiger partial charge on any atom is 1.00 e. The summed E-state index contributed by atoms with van der Waals surface area (Å²) in [7, 11) is -3.86. The summed E-state index contributed by atoms with van der Waals surface area (Å²) in [5.41, 5.74) is 0.975. The fourth-order valence-corrected chi connectivity index (χ4v) is 2.37. The Balaban J connectivity index is 0.00000180. The minimum Gasteiger partial charge on any atom is -1.00 e. The average Bonchev–Trinajstić information content (AvgIpc) is 2.33. The van der Waals surface area contributed by atoms with Gasteiger partial charge in [0.15, 0.2) is 0 Å². The van der Waals surface area contributed by atoms with Crippen LogP contribution in [0.3, 0.4) is 0 Å². The van der Waals surface area contributed by atoms with E-state index in [0.717, 1.165) is 16.5 Å². The normalized spacial score (nSPS) is 11.0. The van der Waals surface area contributed by atoms with Crippen molar-refractivity contribution in [1.82, 2.24) is 0 Å². The summed E-state index contributed by atoms with van der Waals surface area (Å²) in [6, 6.07) is 13.9. The first-order valence-electron chi connectivity index (χ1n) is 5.73. The van der Waals surface area contributed by atoms with Crippen LogP contribution in [0.4, 0.5) is 5.69 Å². The van der Waals surface area contributed by atoms with Crippen LogP contribution >= 0.6 is 0 Å². The zero-order valence-electron chi connectivity index (χ0n) is 11.8. The molecule has 6 heteroatoms. The van der Waals surface area contributed by atoms with Gasteiger partial charge >= 0.3 is 29.6 Å². The molecule has 98 valence electrons. The van der Waals surface area contributed by atoms with Gasteiger partial charge in [0.2, 0.25) is 0 Å². The topological polar surface area (TPSA) is 66.4 Å². The second-order valence-corrected chi connectivity index (χ2v) is 5.67. The molecule has 0 fully saturated rings. The summed E-state index contributed by atoms with van der Waals surface area (Å²) >= 11 is 0. The number of fused-ring (bicyclic) bond motifs is 1. The molecule has 0 saturated heterocycles. The van der Waals surface area contributed by atoms with Crippen molar-refractivity contribution in [2.75, 3.05) is 17.6 Å². The van der Waals surface area contributed by atoms with Gasteiger partial charge in [-0.05, 0) is 17.9 Å². The van der Waals surface area contributed by atoms with E-state index in [0.29, 0.717) is 13.0 Å². The van der Waals surface area contributed by atoms with Gasteiger partial charge in [0.25, 0.3) is 10.1 Å². The molecule has 2 N–H and O–H groups in total. The maximum atomic E-state index is 10.6. The van der Waals surface area contributed by atoms with Crippen LogP contribution < -0.4 is 34.9 Å². The van der Waals surface area contributed by atoms with E-state index in [-0.39, 0.29) is 36.7 Å². The molecule has 0 atom stereocenters. The van der Waals surface area contributed by atoms with Gasteiger partial charge in [-0.1, -0.05) is 36.4 Å². The molecule has 0 radical (unpaired) electrons. The molecule has 0 bridgehead atoms. The summed E-state index contributed by atoms with van der Waals surface area (Å²) in [5.74, 6) is -0.217. The van der Waals surface area contributed by atoms with E-state index in [1.165, 1.54) is 0 Å². The number of benzene rings is 2. The van der Waals surface area contributed by atoms with E-state index in [2.05, 4.69) is 5.32 Å². The van der Waals surface area contributed by atoms with Gasteiger partial charge in [-0.25, -0.2) is 0 Å². The first kappa shape index (κ1) is 16.5. The van der Waals surface area contributed by atoms with Gasteiger partial charge < -0.3 is 6.74 Å². The molecular weight excluding hydrogens is 273 g/mol.